The summed E-state index contributed by atoms with van der Waals surface area (Å²) in [5.74, 6) is 0. The normalized spacial score (nSPS) is 10.5. The van der Waals surface area contributed by atoms with Gasteiger partial charge in [-0.15, -0.1) is 0 Å². The number of aryl methyl sites for hydroxylation is 2. The van der Waals surface area contributed by atoms with E-state index in [9.17, 15) is 0 Å². The van der Waals surface area contributed by atoms with Gasteiger partial charge in [-0.1, -0.05) is 0 Å². The second kappa shape index (κ2) is 3.58. The average Bonchev–Trinajstić information content (AvgIpc) is 2.46. The number of hydrogen-bond donors (Lipinski definition) is 1. The highest BCUT2D eigenvalue weighted by Gasteiger charge is 2.08. The van der Waals surface area contributed by atoms with Crippen LogP contribution in [0.4, 0.5) is 0 Å². The number of nitrogens with one attached hydrogen (secondary N) is 1. The van der Waals surface area contributed by atoms with Crippen LogP contribution in [-0.4, -0.2) is 9.97 Å². The lowest BCUT2D eigenvalue weighted by atomic mass is 10.1. The molecule has 2 heterocycles. The molecule has 3 heteroatoms. The molecule has 0 spiro atoms. The van der Waals surface area contributed by atoms with E-state index in [2.05, 4.69) is 38.9 Å². The zero-order valence-corrected chi connectivity index (χ0v) is 9.72. The monoisotopic (exact) mass is 250 g/mol. The van der Waals surface area contributed by atoms with Crippen molar-refractivity contribution in [3.63, 3.8) is 0 Å². The maximum Gasteiger partial charge on any atom is 0.0861 e. The highest BCUT2D eigenvalue weighted by molar-refractivity contribution is 9.10. The van der Waals surface area contributed by atoms with E-state index in [0.717, 1.165) is 27.1 Å². The van der Waals surface area contributed by atoms with Gasteiger partial charge >= 0.3 is 0 Å². The molecular weight excluding hydrogens is 240 g/mol. The first-order valence-corrected chi connectivity index (χ1v) is 5.25. The van der Waals surface area contributed by atoms with Crippen LogP contribution in [0.3, 0.4) is 0 Å². The minimum atomic E-state index is 0.995. The van der Waals surface area contributed by atoms with Crippen LogP contribution >= 0.6 is 15.9 Å². The SMILES string of the molecule is Cc1cc(-c2ncccc2Br)c(C)[nH]1. The summed E-state index contributed by atoms with van der Waals surface area (Å²) in [5.41, 5.74) is 4.47. The Labute approximate surface area is 91.5 Å². The zero-order valence-electron chi connectivity index (χ0n) is 8.13. The Hall–Kier alpha value is -1.09. The van der Waals surface area contributed by atoms with Gasteiger partial charge in [0.25, 0.3) is 0 Å². The highest BCUT2D eigenvalue weighted by Crippen LogP contribution is 2.28. The summed E-state index contributed by atoms with van der Waals surface area (Å²) >= 11 is 3.50. The third-order valence-corrected chi connectivity index (χ3v) is 2.80. The van der Waals surface area contributed by atoms with Crippen molar-refractivity contribution in [2.24, 2.45) is 0 Å². The van der Waals surface area contributed by atoms with E-state index < -0.39 is 0 Å². The van der Waals surface area contributed by atoms with Gasteiger partial charge in [-0.3, -0.25) is 4.98 Å². The Morgan fingerprint density at radius 2 is 2.14 bits per heavy atom. The molecule has 0 saturated heterocycles. The topological polar surface area (TPSA) is 28.7 Å². The predicted molar refractivity (Wildman–Crippen MR) is 61.2 cm³/mol. The fourth-order valence-corrected chi connectivity index (χ4v) is 2.02. The molecule has 14 heavy (non-hydrogen) atoms. The number of nitrogens with zero attached hydrogens (tertiary/aromatic N) is 1. The second-order valence-electron chi connectivity index (χ2n) is 3.32. The smallest absolute Gasteiger partial charge is 0.0861 e. The van der Waals surface area contributed by atoms with Crippen molar-refractivity contribution in [2.45, 2.75) is 13.8 Å². The van der Waals surface area contributed by atoms with Crippen LogP contribution in [0.1, 0.15) is 11.4 Å². The predicted octanol–water partition coefficient (Wildman–Crippen LogP) is 3.46. The number of pyridine rings is 1. The number of hydrogen-bond acceptors (Lipinski definition) is 1. The number of H-pyrrole nitrogens is 1. The second-order valence-corrected chi connectivity index (χ2v) is 4.18. The Morgan fingerprint density at radius 1 is 1.36 bits per heavy atom. The first-order chi connectivity index (χ1) is 6.68. The fraction of sp³-hybridized carbons (Fsp3) is 0.182. The van der Waals surface area contributed by atoms with Crippen LogP contribution in [-0.2, 0) is 0 Å². The molecule has 0 bridgehead atoms. The van der Waals surface area contributed by atoms with Crippen LogP contribution in [0.15, 0.2) is 28.9 Å². The summed E-state index contributed by atoms with van der Waals surface area (Å²) in [6, 6.07) is 6.04. The summed E-state index contributed by atoms with van der Waals surface area (Å²) < 4.78 is 1.03. The maximum atomic E-state index is 4.36. The van der Waals surface area contributed by atoms with Crippen molar-refractivity contribution in [1.29, 1.82) is 0 Å². The Kier molecular flexibility index (Phi) is 2.42. The Morgan fingerprint density at radius 3 is 2.71 bits per heavy atom. The summed E-state index contributed by atoms with van der Waals surface area (Å²) in [6.45, 7) is 4.11. The van der Waals surface area contributed by atoms with E-state index in [1.165, 1.54) is 0 Å². The number of aromatic nitrogens is 2. The van der Waals surface area contributed by atoms with E-state index in [4.69, 9.17) is 0 Å². The van der Waals surface area contributed by atoms with E-state index >= 15 is 0 Å². The first kappa shape index (κ1) is 9.46. The van der Waals surface area contributed by atoms with Crippen LogP contribution in [0, 0.1) is 13.8 Å². The fourth-order valence-electron chi connectivity index (χ4n) is 1.55. The van der Waals surface area contributed by atoms with Gasteiger partial charge in [0.05, 0.1) is 5.69 Å². The molecule has 0 aliphatic carbocycles. The molecule has 2 nitrogen and oxygen atoms in total. The van der Waals surface area contributed by atoms with E-state index in [0.29, 0.717) is 0 Å². The lowest BCUT2D eigenvalue weighted by molar-refractivity contribution is 1.18. The molecule has 0 unspecified atom stereocenters. The lowest BCUT2D eigenvalue weighted by Crippen LogP contribution is -1.84. The van der Waals surface area contributed by atoms with Crippen LogP contribution in [0.25, 0.3) is 11.3 Å². The molecule has 0 fully saturated rings. The largest absolute Gasteiger partial charge is 0.362 e. The Bertz CT molecular complexity index is 460. The maximum absolute atomic E-state index is 4.36. The molecule has 0 amide bonds. The van der Waals surface area contributed by atoms with Crippen molar-refractivity contribution in [3.05, 3.63) is 40.3 Å². The molecule has 0 atom stereocenters. The molecule has 0 aliphatic heterocycles. The van der Waals surface area contributed by atoms with Gasteiger partial charge in [0.15, 0.2) is 0 Å². The van der Waals surface area contributed by atoms with Gasteiger partial charge in [0, 0.05) is 27.6 Å². The quantitative estimate of drug-likeness (QED) is 0.826. The van der Waals surface area contributed by atoms with Crippen molar-refractivity contribution < 1.29 is 0 Å². The summed E-state index contributed by atoms with van der Waals surface area (Å²) in [6.07, 6.45) is 1.81. The van der Waals surface area contributed by atoms with Gasteiger partial charge in [0.2, 0.25) is 0 Å². The first-order valence-electron chi connectivity index (χ1n) is 4.45. The molecule has 2 aromatic rings. The highest BCUT2D eigenvalue weighted by atomic mass is 79.9. The van der Waals surface area contributed by atoms with Crippen LogP contribution in [0.2, 0.25) is 0 Å². The summed E-state index contributed by atoms with van der Waals surface area (Å²) in [5, 5.41) is 0. The van der Waals surface area contributed by atoms with Crippen LogP contribution in [0.5, 0.6) is 0 Å². The van der Waals surface area contributed by atoms with Crippen molar-refractivity contribution in [1.82, 2.24) is 9.97 Å². The van der Waals surface area contributed by atoms with Gasteiger partial charge in [-0.2, -0.15) is 0 Å². The number of aromatic amines is 1. The molecule has 1 N–H and O–H groups in total. The standard InChI is InChI=1S/C11H11BrN2/c1-7-6-9(8(2)14-7)11-10(12)4-3-5-13-11/h3-6,14H,1-2H3. The molecule has 0 aliphatic rings. The average molecular weight is 251 g/mol. The molecule has 2 aromatic heterocycles. The molecule has 0 saturated carbocycles. The van der Waals surface area contributed by atoms with Crippen molar-refractivity contribution in [2.75, 3.05) is 0 Å². The molecule has 2 rings (SSSR count). The Balaban J connectivity index is 2.60. The molecule has 0 radical (unpaired) electrons. The number of halogens is 1. The van der Waals surface area contributed by atoms with Gasteiger partial charge in [0.1, 0.15) is 0 Å². The third kappa shape index (κ3) is 1.60. The van der Waals surface area contributed by atoms with E-state index in [1.807, 2.05) is 25.3 Å². The number of rotatable bonds is 1. The van der Waals surface area contributed by atoms with Crippen LogP contribution < -0.4 is 0 Å². The lowest BCUT2D eigenvalue weighted by Gasteiger charge is -2.01. The minimum absolute atomic E-state index is 0.995. The van der Waals surface area contributed by atoms with Crippen molar-refractivity contribution in [3.8, 4) is 11.3 Å². The molecular formula is C11H11BrN2. The zero-order chi connectivity index (χ0) is 10.1. The van der Waals surface area contributed by atoms with E-state index in [-0.39, 0.29) is 0 Å². The third-order valence-electron chi connectivity index (χ3n) is 2.16. The summed E-state index contributed by atoms with van der Waals surface area (Å²) in [7, 11) is 0. The van der Waals surface area contributed by atoms with Gasteiger partial charge in [-0.05, 0) is 48.0 Å². The van der Waals surface area contributed by atoms with Gasteiger partial charge in [-0.25, -0.2) is 0 Å². The summed E-state index contributed by atoms with van der Waals surface area (Å²) in [4.78, 5) is 7.63. The van der Waals surface area contributed by atoms with E-state index in [1.54, 1.807) is 0 Å². The van der Waals surface area contributed by atoms with Gasteiger partial charge < -0.3 is 4.98 Å². The molecule has 72 valence electrons. The minimum Gasteiger partial charge on any atom is -0.362 e. The molecule has 0 aromatic carbocycles. The van der Waals surface area contributed by atoms with Crippen molar-refractivity contribution >= 4 is 15.9 Å².